The minimum Gasteiger partial charge on any atom is -0.312 e. The molecule has 0 saturated carbocycles. The van der Waals surface area contributed by atoms with Crippen LogP contribution in [0.1, 0.15) is 50.4 Å². The maximum Gasteiger partial charge on any atom is 0.0843 e. The van der Waals surface area contributed by atoms with Gasteiger partial charge in [0.2, 0.25) is 0 Å². The molecule has 0 fully saturated rings. The highest BCUT2D eigenvalue weighted by Gasteiger charge is 2.22. The van der Waals surface area contributed by atoms with Crippen LogP contribution in [-0.4, -0.2) is 7.05 Å². The second-order valence-corrected chi connectivity index (χ2v) is 7.60. The predicted molar refractivity (Wildman–Crippen MR) is 84.8 cm³/mol. The van der Waals surface area contributed by atoms with Crippen LogP contribution in [-0.2, 0) is 0 Å². The fourth-order valence-electron chi connectivity index (χ4n) is 2.20. The van der Waals surface area contributed by atoms with E-state index in [1.807, 2.05) is 11.3 Å². The number of hydrogen-bond acceptors (Lipinski definition) is 2. The van der Waals surface area contributed by atoms with Crippen molar-refractivity contribution in [1.82, 2.24) is 5.32 Å². The lowest BCUT2D eigenvalue weighted by atomic mass is 9.90. The van der Waals surface area contributed by atoms with Crippen LogP contribution < -0.4 is 5.32 Å². The Morgan fingerprint density at radius 3 is 2.47 bits per heavy atom. The van der Waals surface area contributed by atoms with E-state index in [0.717, 1.165) is 5.92 Å². The molecule has 0 bridgehead atoms. The van der Waals surface area contributed by atoms with E-state index in [1.165, 1.54) is 38.8 Å². The lowest BCUT2D eigenvalue weighted by Crippen LogP contribution is -2.24. The zero-order valence-corrected chi connectivity index (χ0v) is 14.7. The molecule has 0 aliphatic heterocycles. The van der Waals surface area contributed by atoms with E-state index >= 15 is 0 Å². The Balaban J connectivity index is 2.80. The number of thiophene rings is 1. The van der Waals surface area contributed by atoms with E-state index in [9.17, 15) is 0 Å². The van der Waals surface area contributed by atoms with Gasteiger partial charge in [0.25, 0.3) is 0 Å². The van der Waals surface area contributed by atoms with E-state index in [0.29, 0.717) is 6.04 Å². The second kappa shape index (κ2) is 7.93. The Hall–Kier alpha value is 0.620. The van der Waals surface area contributed by atoms with Crippen LogP contribution in [0.4, 0.5) is 0 Å². The normalized spacial score (nSPS) is 14.9. The van der Waals surface area contributed by atoms with Gasteiger partial charge in [-0.2, -0.15) is 0 Å². The quantitative estimate of drug-likeness (QED) is 0.632. The zero-order chi connectivity index (χ0) is 12.8. The van der Waals surface area contributed by atoms with Gasteiger partial charge in [-0.1, -0.05) is 33.1 Å². The first-order valence-corrected chi connectivity index (χ1v) is 8.66. The van der Waals surface area contributed by atoms with E-state index in [4.69, 9.17) is 0 Å². The van der Waals surface area contributed by atoms with Crippen LogP contribution in [0.5, 0.6) is 0 Å². The largest absolute Gasteiger partial charge is 0.312 e. The molecule has 0 aliphatic rings. The van der Waals surface area contributed by atoms with Crippen LogP contribution in [0.25, 0.3) is 0 Å². The molecule has 0 aromatic carbocycles. The highest BCUT2D eigenvalue weighted by molar-refractivity contribution is 9.13. The van der Waals surface area contributed by atoms with Gasteiger partial charge in [0, 0.05) is 15.4 Å². The first-order valence-electron chi connectivity index (χ1n) is 6.25. The van der Waals surface area contributed by atoms with E-state index in [1.54, 1.807) is 0 Å². The van der Waals surface area contributed by atoms with Crippen LogP contribution in [0.15, 0.2) is 14.3 Å². The molecule has 0 radical (unpaired) electrons. The van der Waals surface area contributed by atoms with Crippen molar-refractivity contribution in [3.63, 3.8) is 0 Å². The standard InChI is InChI=1S/C13H21Br2NS/c1-4-6-7-9(5-2)12(16-3)11-8-10(14)13(15)17-11/h8-9,12,16H,4-7H2,1-3H3. The molecule has 0 amide bonds. The Morgan fingerprint density at radius 1 is 1.35 bits per heavy atom. The molecular weight excluding hydrogens is 362 g/mol. The summed E-state index contributed by atoms with van der Waals surface area (Å²) in [7, 11) is 2.07. The molecule has 0 saturated heterocycles. The average Bonchev–Trinajstić information content (AvgIpc) is 2.64. The summed E-state index contributed by atoms with van der Waals surface area (Å²) in [5.74, 6) is 0.734. The van der Waals surface area contributed by atoms with Crippen molar-refractivity contribution < 1.29 is 0 Å². The zero-order valence-electron chi connectivity index (χ0n) is 10.7. The van der Waals surface area contributed by atoms with Crippen LogP contribution in [0, 0.1) is 5.92 Å². The highest BCUT2D eigenvalue weighted by atomic mass is 79.9. The third-order valence-electron chi connectivity index (χ3n) is 3.21. The first kappa shape index (κ1) is 15.7. The number of unbranched alkanes of at least 4 members (excludes halogenated alkanes) is 1. The van der Waals surface area contributed by atoms with E-state index < -0.39 is 0 Å². The Kier molecular flexibility index (Phi) is 7.31. The molecule has 4 heteroatoms. The summed E-state index contributed by atoms with van der Waals surface area (Å²) >= 11 is 8.99. The van der Waals surface area contributed by atoms with E-state index in [2.05, 4.69) is 64.1 Å². The third kappa shape index (κ3) is 4.34. The minimum absolute atomic E-state index is 0.485. The van der Waals surface area contributed by atoms with Gasteiger partial charge in [-0.05, 0) is 57.3 Å². The van der Waals surface area contributed by atoms with Crippen molar-refractivity contribution in [3.8, 4) is 0 Å². The van der Waals surface area contributed by atoms with Crippen molar-refractivity contribution in [2.75, 3.05) is 7.05 Å². The molecule has 1 rings (SSSR count). The molecule has 98 valence electrons. The molecule has 2 unspecified atom stereocenters. The summed E-state index contributed by atoms with van der Waals surface area (Å²) in [5, 5.41) is 3.49. The average molecular weight is 383 g/mol. The topological polar surface area (TPSA) is 12.0 Å². The van der Waals surface area contributed by atoms with Gasteiger partial charge in [-0.15, -0.1) is 11.3 Å². The van der Waals surface area contributed by atoms with Crippen molar-refractivity contribution in [1.29, 1.82) is 0 Å². The monoisotopic (exact) mass is 381 g/mol. The molecule has 1 aromatic rings. The first-order chi connectivity index (χ1) is 8.13. The van der Waals surface area contributed by atoms with Gasteiger partial charge < -0.3 is 5.32 Å². The molecule has 2 atom stereocenters. The van der Waals surface area contributed by atoms with Crippen molar-refractivity contribution in [2.24, 2.45) is 5.92 Å². The molecule has 1 heterocycles. The predicted octanol–water partition coefficient (Wildman–Crippen LogP) is 5.75. The number of hydrogen-bond donors (Lipinski definition) is 1. The summed E-state index contributed by atoms with van der Waals surface area (Å²) in [6.07, 6.45) is 5.15. The third-order valence-corrected chi connectivity index (χ3v) is 6.55. The number of rotatable bonds is 7. The Labute approximate surface area is 126 Å². The van der Waals surface area contributed by atoms with Crippen LogP contribution in [0.3, 0.4) is 0 Å². The van der Waals surface area contributed by atoms with Gasteiger partial charge in [0.15, 0.2) is 0 Å². The SMILES string of the molecule is CCCCC(CC)C(NC)c1cc(Br)c(Br)s1. The van der Waals surface area contributed by atoms with Gasteiger partial charge in [0.1, 0.15) is 0 Å². The highest BCUT2D eigenvalue weighted by Crippen LogP contribution is 2.39. The van der Waals surface area contributed by atoms with Gasteiger partial charge >= 0.3 is 0 Å². The van der Waals surface area contributed by atoms with Crippen molar-refractivity contribution >= 4 is 43.2 Å². The molecule has 1 nitrogen and oxygen atoms in total. The summed E-state index contributed by atoms with van der Waals surface area (Å²) in [6, 6.07) is 2.73. The molecule has 0 spiro atoms. The van der Waals surface area contributed by atoms with Crippen molar-refractivity contribution in [2.45, 2.75) is 45.6 Å². The second-order valence-electron chi connectivity index (χ2n) is 4.35. The molecule has 17 heavy (non-hydrogen) atoms. The van der Waals surface area contributed by atoms with Gasteiger partial charge in [-0.3, -0.25) is 0 Å². The maximum atomic E-state index is 3.58. The van der Waals surface area contributed by atoms with Gasteiger partial charge in [0.05, 0.1) is 3.79 Å². The lowest BCUT2D eigenvalue weighted by Gasteiger charge is -2.25. The summed E-state index contributed by atoms with van der Waals surface area (Å²) < 4.78 is 2.36. The molecule has 1 aromatic heterocycles. The summed E-state index contributed by atoms with van der Waals surface area (Å²) in [6.45, 7) is 4.56. The Bertz CT molecular complexity index is 319. The molecular formula is C13H21Br2NS. The summed E-state index contributed by atoms with van der Waals surface area (Å²) in [4.78, 5) is 1.43. The summed E-state index contributed by atoms with van der Waals surface area (Å²) in [5.41, 5.74) is 0. The Morgan fingerprint density at radius 2 is 2.06 bits per heavy atom. The number of nitrogens with one attached hydrogen (secondary N) is 1. The number of halogens is 2. The van der Waals surface area contributed by atoms with Crippen LogP contribution in [0.2, 0.25) is 0 Å². The van der Waals surface area contributed by atoms with Gasteiger partial charge in [-0.25, -0.2) is 0 Å². The molecule has 1 N–H and O–H groups in total. The van der Waals surface area contributed by atoms with E-state index in [-0.39, 0.29) is 0 Å². The lowest BCUT2D eigenvalue weighted by molar-refractivity contribution is 0.343. The van der Waals surface area contributed by atoms with Crippen molar-refractivity contribution in [3.05, 3.63) is 19.2 Å². The fourth-order valence-corrected chi connectivity index (χ4v) is 4.49. The van der Waals surface area contributed by atoms with Crippen LogP contribution >= 0.6 is 43.2 Å². The smallest absolute Gasteiger partial charge is 0.0843 e. The minimum atomic E-state index is 0.485. The molecule has 0 aliphatic carbocycles. The fraction of sp³-hybridized carbons (Fsp3) is 0.692. The maximum absolute atomic E-state index is 3.58.